The summed E-state index contributed by atoms with van der Waals surface area (Å²) in [5.74, 6) is 1.19. The highest BCUT2D eigenvalue weighted by molar-refractivity contribution is 7.17. The fraction of sp³-hybridized carbons (Fsp3) is 0.381. The van der Waals surface area contributed by atoms with Crippen LogP contribution in [0.15, 0.2) is 40.5 Å². The number of aliphatic hydroxyl groups is 1. The van der Waals surface area contributed by atoms with Crippen LogP contribution in [0.2, 0.25) is 0 Å². The minimum Gasteiger partial charge on any atom is -0.491 e. The zero-order chi connectivity index (χ0) is 20.8. The van der Waals surface area contributed by atoms with Crippen molar-refractivity contribution in [1.29, 1.82) is 0 Å². The fourth-order valence-corrected chi connectivity index (χ4v) is 3.81. The van der Waals surface area contributed by atoms with Crippen molar-refractivity contribution >= 4 is 27.3 Å². The van der Waals surface area contributed by atoms with E-state index in [4.69, 9.17) is 4.74 Å². The van der Waals surface area contributed by atoms with Crippen molar-refractivity contribution in [3.63, 3.8) is 0 Å². The Kier molecular flexibility index (Phi) is 7.13. The van der Waals surface area contributed by atoms with Crippen LogP contribution in [0.3, 0.4) is 0 Å². The highest BCUT2D eigenvalue weighted by atomic mass is 32.1. The van der Waals surface area contributed by atoms with E-state index >= 15 is 0 Å². The number of nitrogens with zero attached hydrogens (tertiary/aromatic N) is 2. The van der Waals surface area contributed by atoms with E-state index in [1.165, 1.54) is 18.3 Å². The minimum absolute atomic E-state index is 0.000850. The summed E-state index contributed by atoms with van der Waals surface area (Å²) in [6.07, 6.45) is 0.205. The number of aromatic nitrogens is 2. The molecule has 2 N–H and O–H groups in total. The van der Waals surface area contributed by atoms with Crippen LogP contribution in [-0.2, 0) is 6.54 Å². The summed E-state index contributed by atoms with van der Waals surface area (Å²) in [5.41, 5.74) is 1.19. The van der Waals surface area contributed by atoms with Crippen molar-refractivity contribution in [3.8, 4) is 5.75 Å². The number of ether oxygens (including phenoxy) is 1. The molecule has 1 atom stereocenters. The largest absolute Gasteiger partial charge is 0.491 e. The first-order valence-corrected chi connectivity index (χ1v) is 10.4. The van der Waals surface area contributed by atoms with Crippen molar-refractivity contribution in [2.24, 2.45) is 0 Å². The Hall–Kier alpha value is -2.55. The Morgan fingerprint density at radius 3 is 2.76 bits per heavy atom. The molecule has 1 aromatic carbocycles. The summed E-state index contributed by atoms with van der Waals surface area (Å²) in [5, 5.41) is 12.3. The molecule has 2 aromatic heterocycles. The number of rotatable bonds is 10. The van der Waals surface area contributed by atoms with Gasteiger partial charge in [-0.1, -0.05) is 6.92 Å². The summed E-state index contributed by atoms with van der Waals surface area (Å²) in [7, 11) is 0. The molecule has 3 rings (SSSR count). The molecule has 29 heavy (non-hydrogen) atoms. The number of thiophene rings is 1. The molecule has 7 nitrogen and oxygen atoms in total. The van der Waals surface area contributed by atoms with E-state index in [0.29, 0.717) is 40.4 Å². The van der Waals surface area contributed by atoms with E-state index in [9.17, 15) is 14.7 Å². The average molecular weight is 416 g/mol. The quantitative estimate of drug-likeness (QED) is 0.495. The van der Waals surface area contributed by atoms with Crippen molar-refractivity contribution in [1.82, 2.24) is 14.9 Å². The lowest BCUT2D eigenvalue weighted by Gasteiger charge is -2.24. The predicted molar refractivity (Wildman–Crippen MR) is 114 cm³/mol. The first kappa shape index (κ1) is 21.2. The van der Waals surface area contributed by atoms with Crippen LogP contribution in [0.1, 0.15) is 36.5 Å². The van der Waals surface area contributed by atoms with Crippen LogP contribution in [0, 0.1) is 0 Å². The van der Waals surface area contributed by atoms with Crippen LogP contribution in [0.5, 0.6) is 5.75 Å². The first-order chi connectivity index (χ1) is 14.0. The molecule has 0 aliphatic rings. The number of H-pyrrole nitrogens is 1. The fourth-order valence-electron chi connectivity index (χ4n) is 3.09. The van der Waals surface area contributed by atoms with Gasteiger partial charge in [-0.3, -0.25) is 14.5 Å². The number of carbonyl (C=O) groups is 1. The molecule has 0 spiro atoms. The SMILES string of the molecule is CCCN(Cc1nc2ccsc2c(=O)[nH]1)C[C@H](O)COc1ccc(C(C)=O)cc1. The molecule has 0 aliphatic heterocycles. The lowest BCUT2D eigenvalue weighted by Crippen LogP contribution is -2.36. The Bertz CT molecular complexity index is 1010. The third-order valence-electron chi connectivity index (χ3n) is 4.45. The average Bonchev–Trinajstić information content (AvgIpc) is 3.16. The predicted octanol–water partition coefficient (Wildman–Crippen LogP) is 2.84. The van der Waals surface area contributed by atoms with Gasteiger partial charge in [-0.25, -0.2) is 4.98 Å². The number of carbonyl (C=O) groups excluding carboxylic acids is 1. The number of Topliss-reactive ketones (excluding diaryl/α,β-unsaturated/α-hetero) is 1. The van der Waals surface area contributed by atoms with E-state index in [-0.39, 0.29) is 17.9 Å². The van der Waals surface area contributed by atoms with Crippen LogP contribution < -0.4 is 10.3 Å². The van der Waals surface area contributed by atoms with Gasteiger partial charge in [0.15, 0.2) is 5.78 Å². The molecular formula is C21H25N3O4S. The molecule has 0 aliphatic carbocycles. The van der Waals surface area contributed by atoms with Gasteiger partial charge in [-0.2, -0.15) is 0 Å². The molecule has 2 heterocycles. The molecule has 0 unspecified atom stereocenters. The highest BCUT2D eigenvalue weighted by Crippen LogP contribution is 2.15. The van der Waals surface area contributed by atoms with Gasteiger partial charge in [0, 0.05) is 12.1 Å². The number of aliphatic hydroxyl groups excluding tert-OH is 1. The molecule has 0 amide bonds. The van der Waals surface area contributed by atoms with Crippen molar-refractivity contribution in [3.05, 3.63) is 57.5 Å². The van der Waals surface area contributed by atoms with Gasteiger partial charge in [0.2, 0.25) is 0 Å². The molecule has 0 saturated carbocycles. The van der Waals surface area contributed by atoms with Gasteiger partial charge in [-0.05, 0) is 55.6 Å². The lowest BCUT2D eigenvalue weighted by atomic mass is 10.1. The maximum atomic E-state index is 12.2. The van der Waals surface area contributed by atoms with Gasteiger partial charge in [-0.15, -0.1) is 11.3 Å². The Balaban J connectivity index is 1.58. The van der Waals surface area contributed by atoms with Gasteiger partial charge < -0.3 is 14.8 Å². The van der Waals surface area contributed by atoms with Crippen molar-refractivity contribution in [2.45, 2.75) is 32.9 Å². The smallest absolute Gasteiger partial charge is 0.268 e. The van der Waals surface area contributed by atoms with Crippen molar-refractivity contribution < 1.29 is 14.6 Å². The standard InChI is InChI=1S/C21H25N3O4S/c1-3-9-24(12-19-22-18-8-10-29-20(18)21(27)23-19)11-16(26)13-28-17-6-4-15(5-7-17)14(2)25/h4-8,10,16,26H,3,9,11-13H2,1-2H3,(H,22,23,27)/t16-/m0/s1. The molecule has 3 aromatic rings. The van der Waals surface area contributed by atoms with E-state index in [2.05, 4.69) is 16.9 Å². The molecule has 8 heteroatoms. The maximum Gasteiger partial charge on any atom is 0.268 e. The first-order valence-electron chi connectivity index (χ1n) is 9.57. The number of aromatic amines is 1. The Morgan fingerprint density at radius 2 is 2.07 bits per heavy atom. The number of hydrogen-bond donors (Lipinski definition) is 2. The number of ketones is 1. The third kappa shape index (κ3) is 5.72. The summed E-state index contributed by atoms with van der Waals surface area (Å²) in [6.45, 7) is 5.30. The summed E-state index contributed by atoms with van der Waals surface area (Å²) < 4.78 is 6.26. The minimum atomic E-state index is -0.703. The number of fused-ring (bicyclic) bond motifs is 1. The molecular weight excluding hydrogens is 390 g/mol. The third-order valence-corrected chi connectivity index (χ3v) is 5.35. The van der Waals surface area contributed by atoms with Crippen LogP contribution in [0.25, 0.3) is 10.2 Å². The van der Waals surface area contributed by atoms with Gasteiger partial charge >= 0.3 is 0 Å². The van der Waals surface area contributed by atoms with Crippen LogP contribution in [-0.4, -0.2) is 51.6 Å². The van der Waals surface area contributed by atoms with Gasteiger partial charge in [0.05, 0.1) is 12.1 Å². The van der Waals surface area contributed by atoms with E-state index in [0.717, 1.165) is 13.0 Å². The monoisotopic (exact) mass is 415 g/mol. The number of nitrogens with one attached hydrogen (secondary N) is 1. The molecule has 0 radical (unpaired) electrons. The normalized spacial score (nSPS) is 12.4. The van der Waals surface area contributed by atoms with Crippen LogP contribution >= 0.6 is 11.3 Å². The number of hydrogen-bond acceptors (Lipinski definition) is 7. The van der Waals surface area contributed by atoms with Crippen LogP contribution in [0.4, 0.5) is 0 Å². The van der Waals surface area contributed by atoms with E-state index in [1.807, 2.05) is 16.3 Å². The molecule has 0 fully saturated rings. The highest BCUT2D eigenvalue weighted by Gasteiger charge is 2.15. The Morgan fingerprint density at radius 1 is 1.31 bits per heavy atom. The topological polar surface area (TPSA) is 95.5 Å². The molecule has 0 bridgehead atoms. The van der Waals surface area contributed by atoms with Gasteiger partial charge in [0.1, 0.15) is 29.0 Å². The summed E-state index contributed by atoms with van der Waals surface area (Å²) >= 11 is 1.37. The Labute approximate surface area is 173 Å². The van der Waals surface area contributed by atoms with Gasteiger partial charge in [0.25, 0.3) is 5.56 Å². The second-order valence-electron chi connectivity index (χ2n) is 6.93. The lowest BCUT2D eigenvalue weighted by molar-refractivity contribution is 0.0647. The molecule has 0 saturated heterocycles. The maximum absolute atomic E-state index is 12.2. The molecule has 154 valence electrons. The van der Waals surface area contributed by atoms with Crippen molar-refractivity contribution in [2.75, 3.05) is 19.7 Å². The second-order valence-corrected chi connectivity index (χ2v) is 7.84. The second kappa shape index (κ2) is 9.78. The zero-order valence-electron chi connectivity index (χ0n) is 16.6. The summed E-state index contributed by atoms with van der Waals surface area (Å²) in [6, 6.07) is 8.69. The van der Waals surface area contributed by atoms with E-state index < -0.39 is 6.10 Å². The van der Waals surface area contributed by atoms with E-state index in [1.54, 1.807) is 24.3 Å². The number of benzene rings is 1. The summed E-state index contributed by atoms with van der Waals surface area (Å²) in [4.78, 5) is 32.9. The zero-order valence-corrected chi connectivity index (χ0v) is 17.4.